The first-order chi connectivity index (χ1) is 8.74. The fraction of sp³-hybridized carbons (Fsp3) is 0.600. The molecule has 1 saturated carbocycles. The summed E-state index contributed by atoms with van der Waals surface area (Å²) in [7, 11) is 0. The summed E-state index contributed by atoms with van der Waals surface area (Å²) in [4.78, 5) is 2.53. The molecule has 0 N–H and O–H groups in total. The van der Waals surface area contributed by atoms with E-state index in [9.17, 15) is 4.39 Å². The molecule has 1 aromatic rings. The van der Waals surface area contributed by atoms with Crippen molar-refractivity contribution < 1.29 is 9.13 Å². The summed E-state index contributed by atoms with van der Waals surface area (Å²) in [5, 5.41) is 0. The average Bonchev–Trinajstić information content (AvgIpc) is 2.89. The van der Waals surface area contributed by atoms with E-state index >= 15 is 0 Å². The number of fused-ring (bicyclic) bond motifs is 1. The minimum Gasteiger partial charge on any atom is -0.490 e. The van der Waals surface area contributed by atoms with Crippen molar-refractivity contribution in [2.24, 2.45) is 11.8 Å². The van der Waals surface area contributed by atoms with Gasteiger partial charge in [-0.3, -0.25) is 0 Å². The molecule has 98 valence electrons. The highest BCUT2D eigenvalue weighted by Gasteiger charge is 2.41. The zero-order chi connectivity index (χ0) is 12.5. The van der Waals surface area contributed by atoms with Gasteiger partial charge in [0.25, 0.3) is 0 Å². The van der Waals surface area contributed by atoms with Gasteiger partial charge in [0.05, 0.1) is 6.10 Å². The predicted octanol–water partition coefficient (Wildman–Crippen LogP) is 2.93. The number of ether oxygens (including phenoxy) is 1. The van der Waals surface area contributed by atoms with Crippen LogP contribution >= 0.6 is 0 Å². The maximum absolute atomic E-state index is 12.8. The molecule has 3 heteroatoms. The number of hydrogen-bond donors (Lipinski definition) is 0. The molecule has 3 rings (SSSR count). The Kier molecular flexibility index (Phi) is 3.25. The number of likely N-dealkylation sites (tertiary alicyclic amines) is 1. The molecular formula is C15H20FNO. The van der Waals surface area contributed by atoms with Crippen LogP contribution < -0.4 is 4.74 Å². The molecule has 1 heterocycles. The summed E-state index contributed by atoms with van der Waals surface area (Å²) in [6.45, 7) is 5.85. The third-order valence-electron chi connectivity index (χ3n) is 4.35. The van der Waals surface area contributed by atoms with Gasteiger partial charge in [-0.15, -0.1) is 0 Å². The lowest BCUT2D eigenvalue weighted by Gasteiger charge is -2.18. The molecule has 2 nitrogen and oxygen atoms in total. The fourth-order valence-corrected chi connectivity index (χ4v) is 3.40. The lowest BCUT2D eigenvalue weighted by Crippen LogP contribution is -2.24. The highest BCUT2D eigenvalue weighted by Crippen LogP contribution is 2.39. The van der Waals surface area contributed by atoms with E-state index in [1.165, 1.54) is 25.2 Å². The van der Waals surface area contributed by atoms with Crippen molar-refractivity contribution in [3.05, 3.63) is 30.1 Å². The Balaban J connectivity index is 1.56. The number of hydrogen-bond acceptors (Lipinski definition) is 2. The minimum atomic E-state index is -0.204. The van der Waals surface area contributed by atoms with E-state index in [4.69, 9.17) is 4.74 Å². The van der Waals surface area contributed by atoms with E-state index in [-0.39, 0.29) is 5.82 Å². The molecule has 18 heavy (non-hydrogen) atoms. The van der Waals surface area contributed by atoms with Gasteiger partial charge in [-0.2, -0.15) is 0 Å². The van der Waals surface area contributed by atoms with Gasteiger partial charge in [0.2, 0.25) is 0 Å². The lowest BCUT2D eigenvalue weighted by molar-refractivity contribution is 0.187. The summed E-state index contributed by atoms with van der Waals surface area (Å²) >= 11 is 0. The van der Waals surface area contributed by atoms with Gasteiger partial charge in [-0.05, 0) is 55.5 Å². The second kappa shape index (κ2) is 4.88. The molecule has 0 aromatic heterocycles. The molecule has 1 saturated heterocycles. The van der Waals surface area contributed by atoms with Crippen LogP contribution in [0.15, 0.2) is 24.3 Å². The Hall–Kier alpha value is -1.09. The predicted molar refractivity (Wildman–Crippen MR) is 69.1 cm³/mol. The summed E-state index contributed by atoms with van der Waals surface area (Å²) in [5.74, 6) is 2.20. The van der Waals surface area contributed by atoms with Gasteiger partial charge < -0.3 is 9.64 Å². The van der Waals surface area contributed by atoms with E-state index < -0.39 is 0 Å². The van der Waals surface area contributed by atoms with Crippen LogP contribution in [0.25, 0.3) is 0 Å². The largest absolute Gasteiger partial charge is 0.490 e. The summed E-state index contributed by atoms with van der Waals surface area (Å²) in [5.41, 5.74) is 0. The molecular weight excluding hydrogens is 229 g/mol. The van der Waals surface area contributed by atoms with Crippen LogP contribution in [0.4, 0.5) is 4.39 Å². The zero-order valence-corrected chi connectivity index (χ0v) is 10.8. The highest BCUT2D eigenvalue weighted by atomic mass is 19.1. The van der Waals surface area contributed by atoms with Crippen molar-refractivity contribution in [1.29, 1.82) is 0 Å². The van der Waals surface area contributed by atoms with Gasteiger partial charge in [-0.25, -0.2) is 4.39 Å². The van der Waals surface area contributed by atoms with Crippen molar-refractivity contribution >= 4 is 0 Å². The number of benzene rings is 1. The first kappa shape index (κ1) is 12.0. The van der Waals surface area contributed by atoms with E-state index in [0.717, 1.165) is 37.0 Å². The third kappa shape index (κ3) is 2.37. The van der Waals surface area contributed by atoms with E-state index in [1.54, 1.807) is 12.1 Å². The van der Waals surface area contributed by atoms with Crippen LogP contribution in [0.3, 0.4) is 0 Å². The smallest absolute Gasteiger partial charge is 0.123 e. The molecule has 1 aromatic carbocycles. The molecule has 0 spiro atoms. The summed E-state index contributed by atoms with van der Waals surface area (Å²) in [6, 6.07) is 6.37. The van der Waals surface area contributed by atoms with Crippen molar-refractivity contribution in [2.45, 2.75) is 25.9 Å². The van der Waals surface area contributed by atoms with E-state index in [0.29, 0.717) is 6.10 Å². The van der Waals surface area contributed by atoms with Gasteiger partial charge in [0.1, 0.15) is 11.6 Å². The average molecular weight is 249 g/mol. The van der Waals surface area contributed by atoms with Gasteiger partial charge in [0, 0.05) is 13.1 Å². The Morgan fingerprint density at radius 1 is 1.17 bits per heavy atom. The van der Waals surface area contributed by atoms with Crippen LogP contribution in [-0.2, 0) is 0 Å². The van der Waals surface area contributed by atoms with E-state index in [2.05, 4.69) is 11.8 Å². The number of rotatable bonds is 3. The van der Waals surface area contributed by atoms with Crippen LogP contribution in [0.5, 0.6) is 5.75 Å². The Morgan fingerprint density at radius 3 is 2.33 bits per heavy atom. The Morgan fingerprint density at radius 2 is 1.78 bits per heavy atom. The maximum Gasteiger partial charge on any atom is 0.123 e. The molecule has 0 bridgehead atoms. The monoisotopic (exact) mass is 249 g/mol. The molecule has 2 aliphatic rings. The third-order valence-corrected chi connectivity index (χ3v) is 4.35. The normalized spacial score (nSPS) is 31.6. The first-order valence-electron chi connectivity index (χ1n) is 6.89. The SMILES string of the molecule is CCN1C[C@H]2C[C@H](Oc3ccc(F)cc3)C[C@H]2C1. The quantitative estimate of drug-likeness (QED) is 0.816. The molecule has 0 radical (unpaired) electrons. The fourth-order valence-electron chi connectivity index (χ4n) is 3.40. The molecule has 1 aliphatic heterocycles. The summed E-state index contributed by atoms with van der Waals surface area (Å²) in [6.07, 6.45) is 2.63. The standard InChI is InChI=1S/C15H20FNO/c1-2-17-9-11-7-15(8-12(11)10-17)18-14-5-3-13(16)4-6-14/h3-6,11-12,15H,2,7-10H2,1H3/t11-,12+,15+. The topological polar surface area (TPSA) is 12.5 Å². The highest BCUT2D eigenvalue weighted by molar-refractivity contribution is 5.22. The second-order valence-electron chi connectivity index (χ2n) is 5.54. The molecule has 2 fully saturated rings. The first-order valence-corrected chi connectivity index (χ1v) is 6.89. The van der Waals surface area contributed by atoms with Gasteiger partial charge >= 0.3 is 0 Å². The van der Waals surface area contributed by atoms with Crippen LogP contribution in [0, 0.1) is 17.7 Å². The molecule has 0 unspecified atom stereocenters. The van der Waals surface area contributed by atoms with Crippen molar-refractivity contribution in [3.63, 3.8) is 0 Å². The molecule has 3 atom stereocenters. The lowest BCUT2D eigenvalue weighted by atomic mass is 10.0. The van der Waals surface area contributed by atoms with Crippen LogP contribution in [0.1, 0.15) is 19.8 Å². The van der Waals surface area contributed by atoms with Crippen molar-refractivity contribution in [2.75, 3.05) is 19.6 Å². The van der Waals surface area contributed by atoms with Gasteiger partial charge in [0.15, 0.2) is 0 Å². The van der Waals surface area contributed by atoms with E-state index in [1.807, 2.05) is 0 Å². The Labute approximate surface area is 108 Å². The number of halogens is 1. The molecule has 1 aliphatic carbocycles. The summed E-state index contributed by atoms with van der Waals surface area (Å²) < 4.78 is 18.8. The molecule has 0 amide bonds. The van der Waals surface area contributed by atoms with Crippen molar-refractivity contribution in [1.82, 2.24) is 4.90 Å². The minimum absolute atomic E-state index is 0.204. The zero-order valence-electron chi connectivity index (χ0n) is 10.8. The van der Waals surface area contributed by atoms with Crippen LogP contribution in [0.2, 0.25) is 0 Å². The van der Waals surface area contributed by atoms with Crippen molar-refractivity contribution in [3.8, 4) is 5.75 Å². The number of nitrogens with zero attached hydrogens (tertiary/aromatic N) is 1. The maximum atomic E-state index is 12.8. The second-order valence-corrected chi connectivity index (χ2v) is 5.54. The Bertz CT molecular complexity index is 391. The van der Waals surface area contributed by atoms with Crippen LogP contribution in [-0.4, -0.2) is 30.6 Å². The van der Waals surface area contributed by atoms with Gasteiger partial charge in [-0.1, -0.05) is 6.92 Å².